The highest BCUT2D eigenvalue weighted by Crippen LogP contribution is 2.33. The number of para-hydroxylation sites is 1. The fourth-order valence-corrected chi connectivity index (χ4v) is 4.02. The first-order valence-electron chi connectivity index (χ1n) is 10.7. The van der Waals surface area contributed by atoms with Crippen LogP contribution in [0.2, 0.25) is 0 Å². The van der Waals surface area contributed by atoms with Crippen molar-refractivity contribution in [3.05, 3.63) is 78.4 Å². The van der Waals surface area contributed by atoms with Crippen LogP contribution in [0.1, 0.15) is 21.1 Å². The Kier molecular flexibility index (Phi) is 5.48. The number of fused-ring (bicyclic) bond motifs is 1. The number of hydrogen-bond acceptors (Lipinski definition) is 6. The minimum absolute atomic E-state index is 0.117. The lowest BCUT2D eigenvalue weighted by Crippen LogP contribution is -2.48. The van der Waals surface area contributed by atoms with Crippen LogP contribution < -0.4 is 15.0 Å². The van der Waals surface area contributed by atoms with Crippen molar-refractivity contribution in [3.8, 4) is 5.75 Å². The zero-order valence-electron chi connectivity index (χ0n) is 18.1. The standard InChI is InChI=1S/C25H23N3O5/c1-31-18-7-4-6-17(16-18)27-11-13-28(14-12-27)25(30)23-22(19-8-2-3-9-20(19)33-23)26-24(29)21-10-5-15-32-21/h2-10,15-16H,11-14H2,1H3,(H,26,29). The summed E-state index contributed by atoms with van der Waals surface area (Å²) < 4.78 is 16.4. The van der Waals surface area contributed by atoms with Crippen LogP contribution in [0.3, 0.4) is 0 Å². The third kappa shape index (κ3) is 4.03. The van der Waals surface area contributed by atoms with Crippen LogP contribution in [-0.4, -0.2) is 50.0 Å². The number of amides is 2. The average molecular weight is 445 g/mol. The molecule has 0 unspecified atom stereocenters. The van der Waals surface area contributed by atoms with Crippen molar-refractivity contribution in [3.63, 3.8) is 0 Å². The number of nitrogens with one attached hydrogen (secondary N) is 1. The summed E-state index contributed by atoms with van der Waals surface area (Å²) in [4.78, 5) is 30.0. The Hall–Kier alpha value is -4.20. The minimum Gasteiger partial charge on any atom is -0.497 e. The predicted molar refractivity (Wildman–Crippen MR) is 124 cm³/mol. The second-order valence-electron chi connectivity index (χ2n) is 7.71. The highest BCUT2D eigenvalue weighted by Gasteiger charge is 2.29. The number of nitrogens with zero attached hydrogens (tertiary/aromatic N) is 2. The molecule has 1 saturated heterocycles. The summed E-state index contributed by atoms with van der Waals surface area (Å²) in [5, 5.41) is 3.47. The normalized spacial score (nSPS) is 13.8. The van der Waals surface area contributed by atoms with Crippen LogP contribution in [0.4, 0.5) is 11.4 Å². The third-order valence-electron chi connectivity index (χ3n) is 5.76. The zero-order chi connectivity index (χ0) is 22.8. The molecule has 0 spiro atoms. The van der Waals surface area contributed by atoms with Gasteiger partial charge in [0.1, 0.15) is 17.0 Å². The molecule has 1 aliphatic heterocycles. The van der Waals surface area contributed by atoms with E-state index in [0.29, 0.717) is 42.8 Å². The van der Waals surface area contributed by atoms with Crippen LogP contribution >= 0.6 is 0 Å². The third-order valence-corrected chi connectivity index (χ3v) is 5.76. The topological polar surface area (TPSA) is 88.2 Å². The van der Waals surface area contributed by atoms with Crippen molar-refractivity contribution in [1.82, 2.24) is 4.90 Å². The molecule has 3 heterocycles. The lowest BCUT2D eigenvalue weighted by Gasteiger charge is -2.36. The van der Waals surface area contributed by atoms with Crippen LogP contribution in [0, 0.1) is 0 Å². The quantitative estimate of drug-likeness (QED) is 0.494. The molecule has 33 heavy (non-hydrogen) atoms. The number of furan rings is 2. The Morgan fingerprint density at radius 1 is 0.970 bits per heavy atom. The summed E-state index contributed by atoms with van der Waals surface area (Å²) in [6.07, 6.45) is 1.43. The maximum absolute atomic E-state index is 13.4. The summed E-state index contributed by atoms with van der Waals surface area (Å²) in [6, 6.07) is 18.3. The van der Waals surface area contributed by atoms with Gasteiger partial charge in [-0.25, -0.2) is 0 Å². The van der Waals surface area contributed by atoms with Gasteiger partial charge in [0.15, 0.2) is 5.76 Å². The number of ether oxygens (including phenoxy) is 1. The van der Waals surface area contributed by atoms with Gasteiger partial charge in [-0.2, -0.15) is 0 Å². The van der Waals surface area contributed by atoms with Gasteiger partial charge in [0, 0.05) is 43.3 Å². The molecule has 0 aliphatic carbocycles. The molecule has 0 atom stereocenters. The lowest BCUT2D eigenvalue weighted by atomic mass is 10.2. The van der Waals surface area contributed by atoms with Crippen LogP contribution in [0.25, 0.3) is 11.0 Å². The van der Waals surface area contributed by atoms with Gasteiger partial charge in [-0.1, -0.05) is 18.2 Å². The predicted octanol–water partition coefficient (Wildman–Crippen LogP) is 4.25. The van der Waals surface area contributed by atoms with E-state index in [2.05, 4.69) is 10.2 Å². The van der Waals surface area contributed by atoms with Gasteiger partial charge in [0.25, 0.3) is 11.8 Å². The second-order valence-corrected chi connectivity index (χ2v) is 7.71. The van der Waals surface area contributed by atoms with E-state index in [-0.39, 0.29) is 17.4 Å². The summed E-state index contributed by atoms with van der Waals surface area (Å²) >= 11 is 0. The highest BCUT2D eigenvalue weighted by molar-refractivity contribution is 6.13. The molecule has 5 rings (SSSR count). The SMILES string of the molecule is COc1cccc(N2CCN(C(=O)c3oc4ccccc4c3NC(=O)c3ccco3)CC2)c1. The molecule has 2 aromatic heterocycles. The van der Waals surface area contributed by atoms with Crippen molar-refractivity contribution in [2.24, 2.45) is 0 Å². The van der Waals surface area contributed by atoms with Crippen molar-refractivity contribution in [1.29, 1.82) is 0 Å². The molecule has 4 aromatic rings. The first-order valence-corrected chi connectivity index (χ1v) is 10.7. The molecule has 1 N–H and O–H groups in total. The minimum atomic E-state index is -0.441. The fraction of sp³-hybridized carbons (Fsp3) is 0.200. The van der Waals surface area contributed by atoms with Crippen LogP contribution in [0.5, 0.6) is 5.75 Å². The maximum Gasteiger partial charge on any atom is 0.291 e. The molecule has 1 aliphatic rings. The van der Waals surface area contributed by atoms with E-state index < -0.39 is 5.91 Å². The summed E-state index contributed by atoms with van der Waals surface area (Å²) in [7, 11) is 1.64. The summed E-state index contributed by atoms with van der Waals surface area (Å²) in [5.74, 6) is 0.372. The summed E-state index contributed by atoms with van der Waals surface area (Å²) in [6.45, 7) is 2.40. The van der Waals surface area contributed by atoms with Gasteiger partial charge in [-0.15, -0.1) is 0 Å². The van der Waals surface area contributed by atoms with E-state index in [0.717, 1.165) is 11.4 Å². The second kappa shape index (κ2) is 8.74. The largest absolute Gasteiger partial charge is 0.497 e. The number of benzene rings is 2. The molecule has 2 aromatic carbocycles. The number of carbonyl (C=O) groups is 2. The van der Waals surface area contributed by atoms with E-state index in [1.165, 1.54) is 6.26 Å². The number of methoxy groups -OCH3 is 1. The Morgan fingerprint density at radius 3 is 2.55 bits per heavy atom. The number of piperazine rings is 1. The maximum atomic E-state index is 13.4. The Morgan fingerprint density at radius 2 is 1.79 bits per heavy atom. The molecular weight excluding hydrogens is 422 g/mol. The average Bonchev–Trinajstić information content (AvgIpc) is 3.53. The van der Waals surface area contributed by atoms with E-state index >= 15 is 0 Å². The number of rotatable bonds is 5. The van der Waals surface area contributed by atoms with Gasteiger partial charge < -0.3 is 28.7 Å². The van der Waals surface area contributed by atoms with Crippen LogP contribution in [0.15, 0.2) is 75.8 Å². The number of hydrogen-bond donors (Lipinski definition) is 1. The molecule has 0 saturated carbocycles. The van der Waals surface area contributed by atoms with Gasteiger partial charge in [0.05, 0.1) is 13.4 Å². The molecule has 168 valence electrons. The molecule has 8 nitrogen and oxygen atoms in total. The molecule has 0 bridgehead atoms. The molecular formula is C25H23N3O5. The van der Waals surface area contributed by atoms with E-state index in [9.17, 15) is 9.59 Å². The molecule has 0 radical (unpaired) electrons. The molecule has 2 amide bonds. The fourth-order valence-electron chi connectivity index (χ4n) is 4.02. The van der Waals surface area contributed by atoms with Gasteiger partial charge in [0.2, 0.25) is 5.76 Å². The van der Waals surface area contributed by atoms with E-state index in [1.54, 1.807) is 30.2 Å². The Bertz CT molecular complexity index is 1290. The molecule has 1 fully saturated rings. The van der Waals surface area contributed by atoms with Crippen molar-refractivity contribution in [2.75, 3.05) is 43.5 Å². The van der Waals surface area contributed by atoms with Crippen molar-refractivity contribution in [2.45, 2.75) is 0 Å². The van der Waals surface area contributed by atoms with Gasteiger partial charge in [-0.05, 0) is 36.4 Å². The van der Waals surface area contributed by atoms with E-state index in [1.807, 2.05) is 42.5 Å². The first-order chi connectivity index (χ1) is 16.1. The van der Waals surface area contributed by atoms with Gasteiger partial charge >= 0.3 is 0 Å². The van der Waals surface area contributed by atoms with Crippen molar-refractivity contribution < 1.29 is 23.2 Å². The van der Waals surface area contributed by atoms with Crippen molar-refractivity contribution >= 4 is 34.2 Å². The Balaban J connectivity index is 1.37. The number of anilines is 2. The van der Waals surface area contributed by atoms with Crippen LogP contribution in [-0.2, 0) is 0 Å². The zero-order valence-corrected chi connectivity index (χ0v) is 18.1. The first kappa shape index (κ1) is 20.7. The Labute approximate surface area is 190 Å². The van der Waals surface area contributed by atoms with Gasteiger partial charge in [-0.3, -0.25) is 9.59 Å². The smallest absolute Gasteiger partial charge is 0.291 e. The number of carbonyl (C=O) groups excluding carboxylic acids is 2. The van der Waals surface area contributed by atoms with E-state index in [4.69, 9.17) is 13.6 Å². The molecule has 8 heteroatoms. The summed E-state index contributed by atoms with van der Waals surface area (Å²) in [5.41, 5.74) is 1.94. The highest BCUT2D eigenvalue weighted by atomic mass is 16.5. The lowest BCUT2D eigenvalue weighted by molar-refractivity contribution is 0.0718. The monoisotopic (exact) mass is 445 g/mol.